The molecule has 2 aromatic rings. The topological polar surface area (TPSA) is 12.9 Å². The SMILES string of the molecule is C=Cc1c(C)ccc2ncsc12. The van der Waals surface area contributed by atoms with Gasteiger partial charge in [0.05, 0.1) is 15.7 Å². The van der Waals surface area contributed by atoms with Crippen LogP contribution in [0.3, 0.4) is 0 Å². The van der Waals surface area contributed by atoms with E-state index in [4.69, 9.17) is 0 Å². The number of aromatic nitrogens is 1. The summed E-state index contributed by atoms with van der Waals surface area (Å²) in [6.45, 7) is 5.89. The molecule has 0 radical (unpaired) electrons. The molecule has 0 N–H and O–H groups in total. The maximum atomic E-state index is 4.24. The maximum absolute atomic E-state index is 4.24. The molecule has 60 valence electrons. The molecule has 1 nitrogen and oxygen atoms in total. The average Bonchev–Trinajstić information content (AvgIpc) is 2.52. The van der Waals surface area contributed by atoms with Crippen LogP contribution < -0.4 is 0 Å². The molecule has 0 aliphatic rings. The Morgan fingerprint density at radius 3 is 3.08 bits per heavy atom. The molecule has 0 atom stereocenters. The van der Waals surface area contributed by atoms with E-state index < -0.39 is 0 Å². The van der Waals surface area contributed by atoms with Crippen molar-refractivity contribution < 1.29 is 0 Å². The Morgan fingerprint density at radius 1 is 1.50 bits per heavy atom. The zero-order valence-electron chi connectivity index (χ0n) is 6.87. The Hall–Kier alpha value is -1.15. The number of nitrogens with zero attached hydrogens (tertiary/aromatic N) is 1. The van der Waals surface area contributed by atoms with E-state index >= 15 is 0 Å². The molecular formula is C10H9NS. The van der Waals surface area contributed by atoms with Crippen molar-refractivity contribution >= 4 is 27.6 Å². The summed E-state index contributed by atoms with van der Waals surface area (Å²) in [5, 5.41) is 0. The van der Waals surface area contributed by atoms with Crippen molar-refractivity contribution in [2.24, 2.45) is 0 Å². The molecule has 2 rings (SSSR count). The van der Waals surface area contributed by atoms with Crippen LogP contribution in [0, 0.1) is 6.92 Å². The lowest BCUT2D eigenvalue weighted by Crippen LogP contribution is -1.79. The van der Waals surface area contributed by atoms with E-state index in [1.54, 1.807) is 11.3 Å². The van der Waals surface area contributed by atoms with E-state index in [1.807, 2.05) is 17.7 Å². The fourth-order valence-electron chi connectivity index (χ4n) is 1.30. The summed E-state index contributed by atoms with van der Waals surface area (Å²) in [5.41, 5.74) is 5.43. The minimum Gasteiger partial charge on any atom is -0.245 e. The number of rotatable bonds is 1. The zero-order chi connectivity index (χ0) is 8.55. The summed E-state index contributed by atoms with van der Waals surface area (Å²) in [6.07, 6.45) is 1.90. The first kappa shape index (κ1) is 7.50. The third kappa shape index (κ3) is 0.959. The van der Waals surface area contributed by atoms with Crippen LogP contribution in [0.15, 0.2) is 24.2 Å². The van der Waals surface area contributed by atoms with Gasteiger partial charge in [0.25, 0.3) is 0 Å². The largest absolute Gasteiger partial charge is 0.245 e. The number of thiazole rings is 1. The molecule has 2 heteroatoms. The molecular weight excluding hydrogens is 166 g/mol. The molecule has 0 fully saturated rings. The minimum absolute atomic E-state index is 1.07. The van der Waals surface area contributed by atoms with Gasteiger partial charge in [0, 0.05) is 0 Å². The van der Waals surface area contributed by atoms with E-state index in [0.717, 1.165) is 5.52 Å². The molecule has 0 bridgehead atoms. The van der Waals surface area contributed by atoms with Gasteiger partial charge in [-0.05, 0) is 24.1 Å². The Labute approximate surface area is 75.4 Å². The molecule has 0 unspecified atom stereocenters. The highest BCUT2D eigenvalue weighted by atomic mass is 32.1. The quantitative estimate of drug-likeness (QED) is 0.648. The van der Waals surface area contributed by atoms with Gasteiger partial charge < -0.3 is 0 Å². The normalized spacial score (nSPS) is 10.4. The second kappa shape index (κ2) is 2.72. The van der Waals surface area contributed by atoms with Crippen molar-refractivity contribution in [3.8, 4) is 0 Å². The van der Waals surface area contributed by atoms with Gasteiger partial charge in [0.2, 0.25) is 0 Å². The van der Waals surface area contributed by atoms with Crippen molar-refractivity contribution in [3.63, 3.8) is 0 Å². The highest BCUT2D eigenvalue weighted by Gasteiger charge is 2.02. The lowest BCUT2D eigenvalue weighted by Gasteiger charge is -1.99. The van der Waals surface area contributed by atoms with Gasteiger partial charge in [0.15, 0.2) is 0 Å². The van der Waals surface area contributed by atoms with Crippen LogP contribution >= 0.6 is 11.3 Å². The third-order valence-electron chi connectivity index (χ3n) is 1.96. The maximum Gasteiger partial charge on any atom is 0.0818 e. The second-order valence-corrected chi connectivity index (χ2v) is 3.56. The van der Waals surface area contributed by atoms with Gasteiger partial charge in [0.1, 0.15) is 0 Å². The molecule has 0 saturated heterocycles. The predicted octanol–water partition coefficient (Wildman–Crippen LogP) is 3.25. The van der Waals surface area contributed by atoms with E-state index in [1.165, 1.54) is 15.8 Å². The van der Waals surface area contributed by atoms with Gasteiger partial charge in [-0.2, -0.15) is 0 Å². The summed E-state index contributed by atoms with van der Waals surface area (Å²) < 4.78 is 1.24. The highest BCUT2D eigenvalue weighted by molar-refractivity contribution is 7.17. The van der Waals surface area contributed by atoms with Crippen molar-refractivity contribution in [2.45, 2.75) is 6.92 Å². The lowest BCUT2D eigenvalue weighted by molar-refractivity contribution is 1.45. The smallest absolute Gasteiger partial charge is 0.0818 e. The molecule has 0 spiro atoms. The number of benzene rings is 1. The Morgan fingerprint density at radius 2 is 2.33 bits per heavy atom. The number of aryl methyl sites for hydroxylation is 1. The minimum atomic E-state index is 1.07. The van der Waals surface area contributed by atoms with Gasteiger partial charge in [-0.1, -0.05) is 18.7 Å². The summed E-state index contributed by atoms with van der Waals surface area (Å²) >= 11 is 1.67. The van der Waals surface area contributed by atoms with Crippen molar-refractivity contribution in [3.05, 3.63) is 35.3 Å². The van der Waals surface area contributed by atoms with Crippen LogP contribution in [0.4, 0.5) is 0 Å². The molecule has 1 heterocycles. The lowest BCUT2D eigenvalue weighted by atomic mass is 10.1. The van der Waals surface area contributed by atoms with Gasteiger partial charge in [-0.25, -0.2) is 4.98 Å². The van der Waals surface area contributed by atoms with E-state index in [9.17, 15) is 0 Å². The van der Waals surface area contributed by atoms with E-state index in [-0.39, 0.29) is 0 Å². The van der Waals surface area contributed by atoms with E-state index in [0.29, 0.717) is 0 Å². The van der Waals surface area contributed by atoms with Gasteiger partial charge in [-0.3, -0.25) is 0 Å². The fraction of sp³-hybridized carbons (Fsp3) is 0.100. The highest BCUT2D eigenvalue weighted by Crippen LogP contribution is 2.25. The number of hydrogen-bond donors (Lipinski definition) is 0. The first-order chi connectivity index (χ1) is 5.83. The summed E-state index contributed by atoms with van der Waals surface area (Å²) in [4.78, 5) is 4.24. The Bertz CT molecular complexity index is 428. The van der Waals surface area contributed by atoms with Crippen LogP contribution in [-0.2, 0) is 0 Å². The average molecular weight is 175 g/mol. The number of fused-ring (bicyclic) bond motifs is 1. The van der Waals surface area contributed by atoms with Gasteiger partial charge in [-0.15, -0.1) is 11.3 Å². The first-order valence-electron chi connectivity index (χ1n) is 3.78. The molecule has 0 aliphatic carbocycles. The van der Waals surface area contributed by atoms with Crippen molar-refractivity contribution in [2.75, 3.05) is 0 Å². The van der Waals surface area contributed by atoms with Crippen LogP contribution in [0.2, 0.25) is 0 Å². The predicted molar refractivity (Wildman–Crippen MR) is 54.4 cm³/mol. The molecule has 1 aromatic heterocycles. The molecule has 12 heavy (non-hydrogen) atoms. The molecule has 0 amide bonds. The summed E-state index contributed by atoms with van der Waals surface area (Å²) in [5.74, 6) is 0. The van der Waals surface area contributed by atoms with Crippen LogP contribution in [0.25, 0.3) is 16.3 Å². The van der Waals surface area contributed by atoms with Crippen molar-refractivity contribution in [1.82, 2.24) is 4.98 Å². The van der Waals surface area contributed by atoms with Gasteiger partial charge >= 0.3 is 0 Å². The molecule has 0 saturated carbocycles. The summed E-state index contributed by atoms with van der Waals surface area (Å²) in [7, 11) is 0. The van der Waals surface area contributed by atoms with Crippen LogP contribution in [0.1, 0.15) is 11.1 Å². The zero-order valence-corrected chi connectivity index (χ0v) is 7.69. The molecule has 1 aromatic carbocycles. The Balaban J connectivity index is 2.91. The summed E-state index contributed by atoms with van der Waals surface area (Å²) in [6, 6.07) is 4.13. The monoisotopic (exact) mass is 175 g/mol. The van der Waals surface area contributed by atoms with Crippen LogP contribution in [0.5, 0.6) is 0 Å². The van der Waals surface area contributed by atoms with Crippen LogP contribution in [-0.4, -0.2) is 4.98 Å². The number of hydrogen-bond acceptors (Lipinski definition) is 2. The first-order valence-corrected chi connectivity index (χ1v) is 4.66. The third-order valence-corrected chi connectivity index (χ3v) is 2.84. The Kier molecular flexibility index (Phi) is 1.70. The van der Waals surface area contributed by atoms with E-state index in [2.05, 4.69) is 24.6 Å². The fourth-order valence-corrected chi connectivity index (χ4v) is 2.19. The second-order valence-electron chi connectivity index (χ2n) is 2.70. The molecule has 0 aliphatic heterocycles. The van der Waals surface area contributed by atoms with Crippen molar-refractivity contribution in [1.29, 1.82) is 0 Å². The standard InChI is InChI=1S/C10H9NS/c1-3-8-7(2)4-5-9-10(8)12-6-11-9/h3-6H,1H2,2H3.